The van der Waals surface area contributed by atoms with Gasteiger partial charge in [0.25, 0.3) is 7.82 Å². The summed E-state index contributed by atoms with van der Waals surface area (Å²) in [5.74, 6) is -0.517. The van der Waals surface area contributed by atoms with E-state index in [1.807, 2.05) is 33.3 Å². The van der Waals surface area contributed by atoms with Crippen molar-refractivity contribution in [3.8, 4) is 0 Å². The third-order valence-corrected chi connectivity index (χ3v) is 18.0. The standard InChI is InChI=1S/C75H145N2O7P/c1-7-10-13-16-19-22-25-28-30-32-34-36-37-38-39-41-43-45-47-50-53-56-59-62-65-68-75(79)84-73(66-63-60-57-54-51-48-27-24-21-18-15-12-9-3)72(71-83-85(80,81)82-70-69-77(4,5)6)76-74(78)67-64-61-58-55-52-49-46-44-42-40-35-33-31-29-26-23-20-17-14-11-8-2/h19,22,28,30,63,66,72-73H,7-18,20-21,23-27,29,31-62,64-65,67-71H2,1-6H3,(H-,76,78,80,81)/b22-19-,30-28-,66-63+. The molecule has 0 radical (unpaired) electrons. The second kappa shape index (κ2) is 65.2. The van der Waals surface area contributed by atoms with E-state index >= 15 is 0 Å². The van der Waals surface area contributed by atoms with Crippen LogP contribution in [0.1, 0.15) is 380 Å². The molecule has 0 aromatic rings. The Balaban J connectivity index is 5.02. The van der Waals surface area contributed by atoms with E-state index in [2.05, 4.69) is 50.4 Å². The molecule has 0 spiro atoms. The summed E-state index contributed by atoms with van der Waals surface area (Å²) in [6, 6.07) is -0.885. The van der Waals surface area contributed by atoms with Crippen molar-refractivity contribution in [1.29, 1.82) is 0 Å². The molecule has 0 aliphatic rings. The Morgan fingerprint density at radius 1 is 0.412 bits per heavy atom. The largest absolute Gasteiger partial charge is 0.756 e. The summed E-state index contributed by atoms with van der Waals surface area (Å²) in [4.78, 5) is 40.3. The fourth-order valence-electron chi connectivity index (χ4n) is 11.3. The van der Waals surface area contributed by atoms with Gasteiger partial charge in [0.15, 0.2) is 0 Å². The van der Waals surface area contributed by atoms with Crippen LogP contribution in [0.5, 0.6) is 0 Å². The maximum Gasteiger partial charge on any atom is 0.306 e. The number of likely N-dealkylation sites (N-methyl/N-ethyl adjacent to an activating group) is 1. The van der Waals surface area contributed by atoms with Crippen LogP contribution in [0.25, 0.3) is 0 Å². The molecule has 1 N–H and O–H groups in total. The molecule has 0 aromatic heterocycles. The Morgan fingerprint density at radius 2 is 0.718 bits per heavy atom. The van der Waals surface area contributed by atoms with Gasteiger partial charge in [-0.05, 0) is 63.9 Å². The molecule has 0 saturated heterocycles. The minimum Gasteiger partial charge on any atom is -0.756 e. The van der Waals surface area contributed by atoms with Gasteiger partial charge in [-0.2, -0.15) is 0 Å². The molecular weight excluding hydrogens is 1070 g/mol. The highest BCUT2D eigenvalue weighted by Gasteiger charge is 2.27. The lowest BCUT2D eigenvalue weighted by Gasteiger charge is -2.30. The van der Waals surface area contributed by atoms with Crippen LogP contribution in [0.3, 0.4) is 0 Å². The number of hydrogen-bond donors (Lipinski definition) is 1. The van der Waals surface area contributed by atoms with Crippen LogP contribution in [0.15, 0.2) is 36.5 Å². The van der Waals surface area contributed by atoms with Gasteiger partial charge in [0, 0.05) is 12.8 Å². The van der Waals surface area contributed by atoms with Crippen LogP contribution in [-0.4, -0.2) is 69.4 Å². The number of quaternary nitrogens is 1. The molecule has 0 rings (SSSR count). The smallest absolute Gasteiger partial charge is 0.306 e. The maximum absolute atomic E-state index is 13.6. The first-order chi connectivity index (χ1) is 41.4. The van der Waals surface area contributed by atoms with Crippen LogP contribution in [-0.2, 0) is 27.9 Å². The number of rotatable bonds is 69. The summed E-state index contributed by atoms with van der Waals surface area (Å²) in [5.41, 5.74) is 0. The first-order valence-electron chi connectivity index (χ1n) is 37.3. The second-order valence-corrected chi connectivity index (χ2v) is 28.2. The van der Waals surface area contributed by atoms with Crippen LogP contribution in [0.2, 0.25) is 0 Å². The van der Waals surface area contributed by atoms with Gasteiger partial charge in [-0.3, -0.25) is 14.2 Å². The molecule has 0 aliphatic heterocycles. The minimum absolute atomic E-state index is 0.0186. The van der Waals surface area contributed by atoms with Crippen LogP contribution in [0.4, 0.5) is 0 Å². The number of hydrogen-bond acceptors (Lipinski definition) is 7. The molecule has 0 heterocycles. The quantitative estimate of drug-likeness (QED) is 0.0212. The number of unbranched alkanes of at least 4 members (excludes halogenated alkanes) is 49. The van der Waals surface area contributed by atoms with Crippen LogP contribution in [0, 0.1) is 0 Å². The maximum atomic E-state index is 13.6. The average Bonchev–Trinajstić information content (AvgIpc) is 3.48. The highest BCUT2D eigenvalue weighted by atomic mass is 31.2. The summed E-state index contributed by atoms with van der Waals surface area (Å²) in [5, 5.41) is 3.06. The zero-order chi connectivity index (χ0) is 62.1. The van der Waals surface area contributed by atoms with Gasteiger partial charge in [0.1, 0.15) is 19.3 Å². The number of nitrogens with one attached hydrogen (secondary N) is 1. The Bertz CT molecular complexity index is 1550. The Morgan fingerprint density at radius 3 is 1.08 bits per heavy atom. The van der Waals surface area contributed by atoms with Crippen molar-refractivity contribution in [3.63, 3.8) is 0 Å². The van der Waals surface area contributed by atoms with Gasteiger partial charge in [0.05, 0.1) is 33.8 Å². The van der Waals surface area contributed by atoms with E-state index < -0.39 is 20.0 Å². The second-order valence-electron chi connectivity index (χ2n) is 26.8. The van der Waals surface area contributed by atoms with E-state index in [1.54, 1.807) is 0 Å². The summed E-state index contributed by atoms with van der Waals surface area (Å²) in [6.45, 7) is 6.89. The zero-order valence-corrected chi connectivity index (χ0v) is 58.5. The van der Waals surface area contributed by atoms with E-state index in [9.17, 15) is 19.0 Å². The van der Waals surface area contributed by atoms with Crippen molar-refractivity contribution >= 4 is 19.7 Å². The van der Waals surface area contributed by atoms with E-state index in [1.165, 1.54) is 283 Å². The number of allylic oxidation sites excluding steroid dienone is 5. The third-order valence-electron chi connectivity index (χ3n) is 17.1. The number of esters is 1. The van der Waals surface area contributed by atoms with Gasteiger partial charge >= 0.3 is 5.97 Å². The molecule has 1 amide bonds. The van der Waals surface area contributed by atoms with E-state index in [-0.39, 0.29) is 31.5 Å². The SMILES string of the molecule is CCCCC/C=C\C/C=C\CCCCCCCCCCCCCCCCCC(=O)OC(/C=C/CCCCCCCCCCCCC)C(COP(=O)([O-])OCC[N+](C)(C)C)NC(=O)CCCCCCCCCCCCCCCCCCCCCCC. The molecule has 10 heteroatoms. The lowest BCUT2D eigenvalue weighted by Crippen LogP contribution is -2.47. The monoisotopic (exact) mass is 1220 g/mol. The van der Waals surface area contributed by atoms with Gasteiger partial charge < -0.3 is 28.5 Å². The van der Waals surface area contributed by atoms with Crippen molar-refractivity contribution in [2.75, 3.05) is 40.9 Å². The van der Waals surface area contributed by atoms with Gasteiger partial charge in [-0.1, -0.05) is 340 Å². The van der Waals surface area contributed by atoms with E-state index in [0.29, 0.717) is 17.4 Å². The van der Waals surface area contributed by atoms with E-state index in [4.69, 9.17) is 13.8 Å². The Labute approximate surface area is 529 Å². The number of nitrogens with zero attached hydrogens (tertiary/aromatic N) is 1. The fraction of sp³-hybridized carbons (Fsp3) is 0.893. The normalized spacial score (nSPS) is 13.6. The summed E-state index contributed by atoms with van der Waals surface area (Å²) in [6.07, 6.45) is 81.3. The van der Waals surface area contributed by atoms with Crippen molar-refractivity contribution < 1.29 is 37.3 Å². The Hall–Kier alpha value is -1.77. The Kier molecular flexibility index (Phi) is 63.8. The fourth-order valence-corrected chi connectivity index (χ4v) is 12.0. The first-order valence-corrected chi connectivity index (χ1v) is 38.8. The van der Waals surface area contributed by atoms with Gasteiger partial charge in [-0.25, -0.2) is 0 Å². The molecule has 85 heavy (non-hydrogen) atoms. The lowest BCUT2D eigenvalue weighted by molar-refractivity contribution is -0.870. The average molecular weight is 1220 g/mol. The molecule has 9 nitrogen and oxygen atoms in total. The number of carbonyl (C=O) groups excluding carboxylic acids is 2. The minimum atomic E-state index is -4.70. The van der Waals surface area contributed by atoms with Crippen molar-refractivity contribution in [2.45, 2.75) is 392 Å². The number of carbonyl (C=O) groups is 2. The van der Waals surface area contributed by atoms with Crippen LogP contribution >= 0.6 is 7.82 Å². The topological polar surface area (TPSA) is 114 Å². The molecular formula is C75H145N2O7P. The molecule has 3 atom stereocenters. The van der Waals surface area contributed by atoms with Gasteiger partial charge in [0.2, 0.25) is 5.91 Å². The molecule has 0 saturated carbocycles. The molecule has 0 fully saturated rings. The van der Waals surface area contributed by atoms with Crippen molar-refractivity contribution in [3.05, 3.63) is 36.5 Å². The molecule has 502 valence electrons. The predicted octanol–water partition coefficient (Wildman–Crippen LogP) is 23.2. The third kappa shape index (κ3) is 66.5. The summed E-state index contributed by atoms with van der Waals surface area (Å²) in [7, 11) is 1.21. The van der Waals surface area contributed by atoms with Gasteiger partial charge in [-0.15, -0.1) is 0 Å². The lowest BCUT2D eigenvalue weighted by atomic mass is 10.0. The highest BCUT2D eigenvalue weighted by Crippen LogP contribution is 2.38. The number of phosphoric ester groups is 1. The first kappa shape index (κ1) is 83.2. The molecule has 0 aromatic carbocycles. The van der Waals surface area contributed by atoms with E-state index in [0.717, 1.165) is 64.2 Å². The molecule has 3 unspecified atom stereocenters. The summed E-state index contributed by atoms with van der Waals surface area (Å²) < 4.78 is 30.5. The predicted molar refractivity (Wildman–Crippen MR) is 367 cm³/mol. The number of phosphoric acid groups is 1. The number of ether oxygens (including phenoxy) is 1. The van der Waals surface area contributed by atoms with Crippen LogP contribution < -0.4 is 10.2 Å². The molecule has 0 bridgehead atoms. The van der Waals surface area contributed by atoms with Crippen molar-refractivity contribution in [1.82, 2.24) is 5.32 Å². The van der Waals surface area contributed by atoms with Crippen molar-refractivity contribution in [2.24, 2.45) is 0 Å². The highest BCUT2D eigenvalue weighted by molar-refractivity contribution is 7.45. The zero-order valence-electron chi connectivity index (χ0n) is 57.6. The summed E-state index contributed by atoms with van der Waals surface area (Å²) >= 11 is 0. The number of amides is 1. The molecule has 0 aliphatic carbocycles.